The average molecular weight is 379 g/mol. The van der Waals surface area contributed by atoms with Crippen molar-refractivity contribution in [3.8, 4) is 0 Å². The topological polar surface area (TPSA) is 118 Å². The van der Waals surface area contributed by atoms with Crippen molar-refractivity contribution in [1.82, 2.24) is 4.31 Å². The number of carboxylic acid groups (broad SMARTS) is 1. The maximum atomic E-state index is 12.1. The molecular weight excluding hydrogens is 364 g/mol. The lowest BCUT2D eigenvalue weighted by molar-refractivity contribution is -0.136. The van der Waals surface area contributed by atoms with Gasteiger partial charge in [0.15, 0.2) is 0 Å². The summed E-state index contributed by atoms with van der Waals surface area (Å²) in [6.45, 7) is -0.532. The monoisotopic (exact) mass is 378 g/mol. The predicted octanol–water partition coefficient (Wildman–Crippen LogP) is 0.541. The number of carbonyl (C=O) groups excluding carboxylic acids is 1. The Morgan fingerprint density at radius 1 is 1.24 bits per heavy atom. The first-order valence-electron chi connectivity index (χ1n) is 5.93. The molecule has 0 radical (unpaired) electrons. The van der Waals surface area contributed by atoms with Gasteiger partial charge >= 0.3 is 5.97 Å². The van der Waals surface area contributed by atoms with Gasteiger partial charge in [0.1, 0.15) is 0 Å². The van der Waals surface area contributed by atoms with Crippen LogP contribution in [0.4, 0.5) is 0 Å². The number of carbonyl (C=O) groups is 2. The van der Waals surface area contributed by atoms with Gasteiger partial charge in [-0.15, -0.1) is 0 Å². The highest BCUT2D eigenvalue weighted by Crippen LogP contribution is 2.14. The molecule has 0 saturated carbocycles. The van der Waals surface area contributed by atoms with Crippen molar-refractivity contribution >= 4 is 37.8 Å². The van der Waals surface area contributed by atoms with Crippen molar-refractivity contribution in [3.05, 3.63) is 34.3 Å². The molecule has 0 saturated heterocycles. The molecule has 0 heterocycles. The number of nitrogens with zero attached hydrogens (tertiary/aromatic N) is 1. The van der Waals surface area contributed by atoms with Gasteiger partial charge in [-0.2, -0.15) is 4.31 Å². The van der Waals surface area contributed by atoms with E-state index in [4.69, 9.17) is 10.8 Å². The van der Waals surface area contributed by atoms with Gasteiger partial charge in [0.2, 0.25) is 15.9 Å². The van der Waals surface area contributed by atoms with Gasteiger partial charge in [0.25, 0.3) is 0 Å². The second-order valence-corrected chi connectivity index (χ2v) is 7.32. The normalized spacial score (nSPS) is 11.5. The second kappa shape index (κ2) is 7.53. The quantitative estimate of drug-likeness (QED) is 0.684. The van der Waals surface area contributed by atoms with Crippen molar-refractivity contribution in [2.45, 2.75) is 13.0 Å². The average Bonchev–Trinajstić information content (AvgIpc) is 2.38. The molecule has 0 aromatic heterocycles. The molecule has 1 amide bonds. The predicted molar refractivity (Wildman–Crippen MR) is 79.8 cm³/mol. The molecule has 1 rings (SSSR count). The number of benzene rings is 1. The Kier molecular flexibility index (Phi) is 6.31. The second-order valence-electron chi connectivity index (χ2n) is 4.32. The van der Waals surface area contributed by atoms with Crippen LogP contribution in [0, 0.1) is 0 Å². The van der Waals surface area contributed by atoms with E-state index in [0.29, 0.717) is 5.56 Å². The van der Waals surface area contributed by atoms with E-state index in [-0.39, 0.29) is 6.54 Å². The molecule has 1 aromatic rings. The highest BCUT2D eigenvalue weighted by Gasteiger charge is 2.24. The van der Waals surface area contributed by atoms with E-state index >= 15 is 0 Å². The van der Waals surface area contributed by atoms with Crippen LogP contribution in [0.5, 0.6) is 0 Å². The number of amides is 1. The van der Waals surface area contributed by atoms with E-state index < -0.39 is 40.6 Å². The number of primary amides is 1. The van der Waals surface area contributed by atoms with Crippen molar-refractivity contribution in [2.75, 3.05) is 12.3 Å². The molecule has 9 heteroatoms. The number of halogens is 1. The summed E-state index contributed by atoms with van der Waals surface area (Å²) in [7, 11) is -3.88. The fourth-order valence-electron chi connectivity index (χ4n) is 1.57. The summed E-state index contributed by atoms with van der Waals surface area (Å²) in [5, 5.41) is 8.58. The number of nitrogens with two attached hydrogens (primary N) is 1. The summed E-state index contributed by atoms with van der Waals surface area (Å²) in [5.74, 6) is -2.60. The third-order valence-electron chi connectivity index (χ3n) is 2.57. The molecule has 7 nitrogen and oxygen atoms in total. The molecule has 1 aromatic carbocycles. The molecule has 0 atom stereocenters. The zero-order valence-corrected chi connectivity index (χ0v) is 13.4. The molecule has 21 heavy (non-hydrogen) atoms. The lowest BCUT2D eigenvalue weighted by Crippen LogP contribution is -2.39. The first kappa shape index (κ1) is 17.6. The van der Waals surface area contributed by atoms with Gasteiger partial charge in [0.05, 0.1) is 18.7 Å². The number of carboxylic acids is 1. The van der Waals surface area contributed by atoms with Crippen LogP contribution in [0.2, 0.25) is 0 Å². The summed E-state index contributed by atoms with van der Waals surface area (Å²) in [6.07, 6.45) is -0.530. The molecule has 0 fully saturated rings. The van der Waals surface area contributed by atoms with Crippen LogP contribution in [-0.4, -0.2) is 42.0 Å². The van der Waals surface area contributed by atoms with Crippen LogP contribution >= 0.6 is 15.9 Å². The summed E-state index contributed by atoms with van der Waals surface area (Å²) >= 11 is 3.26. The third kappa shape index (κ3) is 6.23. The summed E-state index contributed by atoms with van der Waals surface area (Å²) < 4.78 is 25.9. The van der Waals surface area contributed by atoms with Gasteiger partial charge in [-0.25, -0.2) is 8.42 Å². The largest absolute Gasteiger partial charge is 0.481 e. The Balaban J connectivity index is 2.91. The Hall–Kier alpha value is -1.45. The van der Waals surface area contributed by atoms with Crippen LogP contribution in [0.25, 0.3) is 0 Å². The lowest BCUT2D eigenvalue weighted by atomic mass is 10.2. The van der Waals surface area contributed by atoms with Gasteiger partial charge in [-0.1, -0.05) is 28.1 Å². The highest BCUT2D eigenvalue weighted by atomic mass is 79.9. The molecule has 3 N–H and O–H groups in total. The molecule has 116 valence electrons. The number of hydrogen-bond acceptors (Lipinski definition) is 4. The summed E-state index contributed by atoms with van der Waals surface area (Å²) in [4.78, 5) is 21.5. The first-order valence-corrected chi connectivity index (χ1v) is 8.33. The smallest absolute Gasteiger partial charge is 0.304 e. The summed E-state index contributed by atoms with van der Waals surface area (Å²) in [5.41, 5.74) is 5.72. The Labute approximate surface area is 130 Å². The van der Waals surface area contributed by atoms with E-state index in [1.165, 1.54) is 0 Å². The maximum absolute atomic E-state index is 12.1. The van der Waals surface area contributed by atoms with Crippen molar-refractivity contribution in [1.29, 1.82) is 0 Å². The minimum Gasteiger partial charge on any atom is -0.481 e. The SMILES string of the molecule is NC(=O)CN(Cc1ccc(Br)cc1)S(=O)(=O)CCC(=O)O. The van der Waals surface area contributed by atoms with E-state index in [2.05, 4.69) is 15.9 Å². The fraction of sp³-hybridized carbons (Fsp3) is 0.333. The Morgan fingerprint density at radius 2 is 1.81 bits per heavy atom. The molecule has 0 aliphatic rings. The maximum Gasteiger partial charge on any atom is 0.304 e. The lowest BCUT2D eigenvalue weighted by Gasteiger charge is -2.20. The first-order chi connectivity index (χ1) is 9.70. The minimum atomic E-state index is -3.88. The standard InChI is InChI=1S/C12H15BrN2O5S/c13-10-3-1-9(2-4-10)7-15(8-11(14)16)21(19,20)6-5-12(17)18/h1-4H,5-8H2,(H2,14,16)(H,17,18). The minimum absolute atomic E-state index is 0.0435. The van der Waals surface area contributed by atoms with E-state index in [1.807, 2.05) is 0 Å². The van der Waals surface area contributed by atoms with Crippen LogP contribution in [-0.2, 0) is 26.2 Å². The Bertz CT molecular complexity index is 615. The van der Waals surface area contributed by atoms with Gasteiger partial charge in [-0.3, -0.25) is 9.59 Å². The zero-order valence-electron chi connectivity index (χ0n) is 11.0. The number of hydrogen-bond donors (Lipinski definition) is 2. The van der Waals surface area contributed by atoms with Crippen LogP contribution in [0.3, 0.4) is 0 Å². The van der Waals surface area contributed by atoms with Crippen molar-refractivity contribution in [2.24, 2.45) is 5.73 Å². The zero-order chi connectivity index (χ0) is 16.0. The van der Waals surface area contributed by atoms with Gasteiger partial charge < -0.3 is 10.8 Å². The molecule has 0 unspecified atom stereocenters. The van der Waals surface area contributed by atoms with E-state index in [9.17, 15) is 18.0 Å². The molecule has 0 aliphatic carbocycles. The van der Waals surface area contributed by atoms with Gasteiger partial charge in [-0.05, 0) is 17.7 Å². The van der Waals surface area contributed by atoms with Crippen LogP contribution in [0.15, 0.2) is 28.7 Å². The number of aliphatic carboxylic acids is 1. The molecular formula is C12H15BrN2O5S. The van der Waals surface area contributed by atoms with Gasteiger partial charge in [0, 0.05) is 11.0 Å². The third-order valence-corrected chi connectivity index (χ3v) is 4.87. The van der Waals surface area contributed by atoms with E-state index in [1.54, 1.807) is 24.3 Å². The van der Waals surface area contributed by atoms with Crippen molar-refractivity contribution in [3.63, 3.8) is 0 Å². The molecule has 0 spiro atoms. The van der Waals surface area contributed by atoms with Crippen LogP contribution < -0.4 is 5.73 Å². The Morgan fingerprint density at radius 3 is 2.29 bits per heavy atom. The molecule has 0 bridgehead atoms. The number of rotatable bonds is 8. The van der Waals surface area contributed by atoms with E-state index in [0.717, 1.165) is 8.78 Å². The van der Waals surface area contributed by atoms with Crippen LogP contribution in [0.1, 0.15) is 12.0 Å². The molecule has 0 aliphatic heterocycles. The number of sulfonamides is 1. The van der Waals surface area contributed by atoms with Crippen molar-refractivity contribution < 1.29 is 23.1 Å². The highest BCUT2D eigenvalue weighted by molar-refractivity contribution is 9.10. The summed E-state index contributed by atoms with van der Waals surface area (Å²) in [6, 6.07) is 6.87. The fourth-order valence-corrected chi connectivity index (χ4v) is 3.19.